The van der Waals surface area contributed by atoms with E-state index in [-0.39, 0.29) is 18.4 Å². The van der Waals surface area contributed by atoms with Gasteiger partial charge in [0.05, 0.1) is 26.8 Å². The number of alkyl carbamates (subject to hydrolysis) is 1. The van der Waals surface area contributed by atoms with Crippen LogP contribution < -0.4 is 5.32 Å². The van der Waals surface area contributed by atoms with Crippen molar-refractivity contribution in [3.63, 3.8) is 0 Å². The molecule has 1 heterocycles. The van der Waals surface area contributed by atoms with Crippen LogP contribution >= 0.6 is 0 Å². The maximum absolute atomic E-state index is 15.1. The summed E-state index contributed by atoms with van der Waals surface area (Å²) in [5, 5.41) is 2.77. The average molecular weight is 642 g/mol. The Bertz CT molecular complexity index is 1400. The van der Waals surface area contributed by atoms with E-state index in [0.717, 1.165) is 5.56 Å². The third kappa shape index (κ3) is 9.15. The van der Waals surface area contributed by atoms with Crippen LogP contribution in [0.1, 0.15) is 76.0 Å². The number of amides is 3. The molecule has 1 aliphatic rings. The van der Waals surface area contributed by atoms with Gasteiger partial charge in [-0.15, -0.1) is 0 Å². The number of nitrogens with one attached hydrogen (secondary N) is 1. The molecule has 0 radical (unpaired) electrons. The summed E-state index contributed by atoms with van der Waals surface area (Å²) in [6.45, 7) is 17.0. The Kier molecular flexibility index (Phi) is 10.9. The fraction of sp³-hybridized carbons (Fsp3) is 0.529. The molecule has 3 atom stereocenters. The number of halogens is 1. The lowest BCUT2D eigenvalue weighted by molar-refractivity contribution is -0.147. The number of ether oxygens (including phenoxy) is 2. The lowest BCUT2D eigenvalue weighted by Crippen LogP contribution is -2.58. The van der Waals surface area contributed by atoms with Crippen molar-refractivity contribution in [2.24, 2.45) is 5.41 Å². The van der Waals surface area contributed by atoms with E-state index in [9.17, 15) is 19.2 Å². The summed E-state index contributed by atoms with van der Waals surface area (Å²) in [7, 11) is -0.769. The maximum Gasteiger partial charge on any atom is 0.408 e. The molecule has 45 heavy (non-hydrogen) atoms. The molecule has 1 N–H and O–H groups in total. The second kappa shape index (κ2) is 13.7. The fourth-order valence-electron chi connectivity index (χ4n) is 5.60. The van der Waals surface area contributed by atoms with Crippen LogP contribution in [0.4, 0.5) is 9.18 Å². The van der Waals surface area contributed by atoms with E-state index in [2.05, 4.69) is 18.4 Å². The molecule has 1 aliphatic heterocycles. The summed E-state index contributed by atoms with van der Waals surface area (Å²) in [6.07, 6.45) is -0.278. The molecule has 2 aromatic carbocycles. The van der Waals surface area contributed by atoms with E-state index in [4.69, 9.17) is 9.47 Å². The Labute approximate surface area is 267 Å². The highest BCUT2D eigenvalue weighted by Crippen LogP contribution is 2.34. The predicted molar refractivity (Wildman–Crippen MR) is 174 cm³/mol. The molecule has 3 amide bonds. The Morgan fingerprint density at radius 1 is 1.02 bits per heavy atom. The Balaban J connectivity index is 2.02. The number of benzene rings is 2. The number of hydrogen-bond acceptors (Lipinski definition) is 6. The van der Waals surface area contributed by atoms with Crippen molar-refractivity contribution >= 4 is 32.0 Å². The topological polar surface area (TPSA) is 105 Å². The lowest BCUT2D eigenvalue weighted by Gasteiger charge is -2.38. The molecule has 0 spiro atoms. The van der Waals surface area contributed by atoms with Gasteiger partial charge in [-0.3, -0.25) is 9.59 Å². The van der Waals surface area contributed by atoms with Crippen LogP contribution in [0.25, 0.3) is 0 Å². The van der Waals surface area contributed by atoms with Crippen molar-refractivity contribution in [3.05, 3.63) is 71.0 Å². The SMILES string of the molecule is COC(=O)c1ccc(CN(C(=O)C2C[Si](C)(C)CN2C(=O)C(NC(=O)OC(C)(C)C)C(C)(C)C)[C@H](C)c2ccccc2F)cc1. The number of nitrogens with zero attached hydrogens (tertiary/aromatic N) is 2. The summed E-state index contributed by atoms with van der Waals surface area (Å²) < 4.78 is 25.3. The van der Waals surface area contributed by atoms with Crippen LogP contribution in [0.2, 0.25) is 19.1 Å². The first-order valence-corrected chi connectivity index (χ1v) is 18.7. The highest BCUT2D eigenvalue weighted by atomic mass is 28.3. The summed E-state index contributed by atoms with van der Waals surface area (Å²) in [6, 6.07) is 11.1. The molecule has 11 heteroatoms. The van der Waals surface area contributed by atoms with Crippen LogP contribution in [-0.4, -0.2) is 72.7 Å². The molecule has 0 bridgehead atoms. The quantitative estimate of drug-likeness (QED) is 0.276. The van der Waals surface area contributed by atoms with E-state index < -0.39 is 55.1 Å². The van der Waals surface area contributed by atoms with Crippen LogP contribution in [0.3, 0.4) is 0 Å². The maximum atomic E-state index is 15.1. The first-order valence-electron chi connectivity index (χ1n) is 15.3. The van der Waals surface area contributed by atoms with E-state index in [1.165, 1.54) is 13.2 Å². The third-order valence-corrected chi connectivity index (χ3v) is 10.6. The molecule has 2 aromatic rings. The van der Waals surface area contributed by atoms with Gasteiger partial charge in [0.15, 0.2) is 0 Å². The normalized spacial score (nSPS) is 17.7. The zero-order valence-corrected chi connectivity index (χ0v) is 29.2. The van der Waals surface area contributed by atoms with Gasteiger partial charge in [-0.25, -0.2) is 14.0 Å². The standard InChI is InChI=1S/C34H48FN3O6Si/c1-22(25-13-11-12-14-26(25)35)37(19-23-15-17-24(18-16-23)31(41)43-8)29(39)27-20-45(9,10)21-38(27)30(40)28(33(2,3)4)36-32(42)44-34(5,6)7/h11-18,22,27-28H,19-21H2,1-10H3,(H,36,42)/t22-,27?,28?/m1/s1. The van der Waals surface area contributed by atoms with Crippen molar-refractivity contribution in [3.8, 4) is 0 Å². The van der Waals surface area contributed by atoms with Gasteiger partial charge in [0, 0.05) is 18.3 Å². The molecular formula is C34H48FN3O6Si. The molecule has 3 rings (SSSR count). The number of carbonyl (C=O) groups excluding carboxylic acids is 4. The van der Waals surface area contributed by atoms with E-state index >= 15 is 4.39 Å². The Morgan fingerprint density at radius 3 is 2.16 bits per heavy atom. The van der Waals surface area contributed by atoms with Gasteiger partial charge in [-0.05, 0) is 62.9 Å². The highest BCUT2D eigenvalue weighted by Gasteiger charge is 2.50. The second-order valence-electron chi connectivity index (χ2n) is 14.6. The van der Waals surface area contributed by atoms with Crippen molar-refractivity contribution in [1.82, 2.24) is 15.1 Å². The summed E-state index contributed by atoms with van der Waals surface area (Å²) >= 11 is 0. The smallest absolute Gasteiger partial charge is 0.408 e. The van der Waals surface area contributed by atoms with Gasteiger partial charge in [0.25, 0.3) is 0 Å². The molecule has 2 unspecified atom stereocenters. The minimum atomic E-state index is -2.07. The number of carbonyl (C=O) groups is 4. The largest absolute Gasteiger partial charge is 0.465 e. The van der Waals surface area contributed by atoms with Crippen molar-refractivity contribution < 1.29 is 33.0 Å². The number of hydrogen-bond donors (Lipinski definition) is 1. The first kappa shape index (κ1) is 35.7. The third-order valence-electron chi connectivity index (χ3n) is 7.90. The predicted octanol–water partition coefficient (Wildman–Crippen LogP) is 6.10. The van der Waals surface area contributed by atoms with Gasteiger partial charge in [0.1, 0.15) is 23.5 Å². The minimum absolute atomic E-state index is 0.120. The minimum Gasteiger partial charge on any atom is -0.465 e. The molecule has 246 valence electrons. The monoisotopic (exact) mass is 641 g/mol. The lowest BCUT2D eigenvalue weighted by atomic mass is 9.85. The summed E-state index contributed by atoms with van der Waals surface area (Å²) in [4.78, 5) is 56.9. The Morgan fingerprint density at radius 2 is 1.62 bits per heavy atom. The van der Waals surface area contributed by atoms with Crippen molar-refractivity contribution in [1.29, 1.82) is 0 Å². The average Bonchev–Trinajstić information content (AvgIpc) is 3.27. The van der Waals surface area contributed by atoms with Crippen molar-refractivity contribution in [2.45, 2.75) is 97.9 Å². The molecular weight excluding hydrogens is 593 g/mol. The van der Waals surface area contributed by atoms with Gasteiger partial charge in [-0.1, -0.05) is 64.2 Å². The zero-order chi connectivity index (χ0) is 33.9. The fourth-order valence-corrected chi connectivity index (χ4v) is 8.47. The molecule has 1 fully saturated rings. The van der Waals surface area contributed by atoms with Gasteiger partial charge >= 0.3 is 12.1 Å². The molecule has 0 aromatic heterocycles. The highest BCUT2D eigenvalue weighted by molar-refractivity contribution is 6.79. The molecule has 9 nitrogen and oxygen atoms in total. The summed E-state index contributed by atoms with van der Waals surface area (Å²) in [5.41, 5.74) is 0.00786. The van der Waals surface area contributed by atoms with Crippen LogP contribution in [0.5, 0.6) is 0 Å². The van der Waals surface area contributed by atoms with Gasteiger partial charge in [-0.2, -0.15) is 0 Å². The van der Waals surface area contributed by atoms with Crippen LogP contribution in [0, 0.1) is 11.2 Å². The molecule has 0 saturated carbocycles. The number of rotatable bonds is 8. The zero-order valence-electron chi connectivity index (χ0n) is 28.2. The molecule has 1 saturated heterocycles. The second-order valence-corrected chi connectivity index (χ2v) is 19.7. The van der Waals surface area contributed by atoms with Gasteiger partial charge < -0.3 is 24.6 Å². The Hall–Kier alpha value is -3.73. The number of esters is 1. The van der Waals surface area contributed by atoms with Crippen LogP contribution in [-0.2, 0) is 25.6 Å². The van der Waals surface area contributed by atoms with Crippen LogP contribution in [0.15, 0.2) is 48.5 Å². The summed E-state index contributed by atoms with van der Waals surface area (Å²) in [5.74, 6) is -1.58. The van der Waals surface area contributed by atoms with E-state index in [1.807, 2.05) is 20.8 Å². The molecule has 0 aliphatic carbocycles. The first-order chi connectivity index (χ1) is 20.7. The number of methoxy groups -OCH3 is 1. The van der Waals surface area contributed by atoms with E-state index in [0.29, 0.717) is 23.3 Å². The van der Waals surface area contributed by atoms with E-state index in [1.54, 1.807) is 80.0 Å². The van der Waals surface area contributed by atoms with Gasteiger partial charge in [0.2, 0.25) is 11.8 Å². The van der Waals surface area contributed by atoms with Crippen molar-refractivity contribution in [2.75, 3.05) is 13.3 Å².